The van der Waals surface area contributed by atoms with Crippen LogP contribution in [-0.4, -0.2) is 35.4 Å². The molecule has 0 spiro atoms. The van der Waals surface area contributed by atoms with E-state index in [1.165, 1.54) is 0 Å². The highest BCUT2D eigenvalue weighted by atomic mass is 35.5. The molecule has 0 aliphatic rings. The van der Waals surface area contributed by atoms with Crippen LogP contribution in [0.25, 0.3) is 0 Å². The van der Waals surface area contributed by atoms with Gasteiger partial charge in [-0.15, -0.1) is 0 Å². The molecule has 0 aromatic heterocycles. The summed E-state index contributed by atoms with van der Waals surface area (Å²) >= 11 is 12.0. The Hall–Kier alpha value is -1.99. The maximum absolute atomic E-state index is 11.4. The molecule has 0 fully saturated rings. The van der Waals surface area contributed by atoms with Crippen molar-refractivity contribution in [3.63, 3.8) is 0 Å². The van der Waals surface area contributed by atoms with Crippen molar-refractivity contribution in [1.82, 2.24) is 5.32 Å². The van der Waals surface area contributed by atoms with Gasteiger partial charge in [-0.25, -0.2) is 4.79 Å². The van der Waals surface area contributed by atoms with Gasteiger partial charge in [0.15, 0.2) is 6.10 Å². The van der Waals surface area contributed by atoms with Crippen molar-refractivity contribution in [3.8, 4) is 5.75 Å². The minimum Gasteiger partial charge on any atom is -0.479 e. The van der Waals surface area contributed by atoms with Crippen molar-refractivity contribution in [2.75, 3.05) is 18.8 Å². The molecule has 0 amide bonds. The van der Waals surface area contributed by atoms with Crippen molar-refractivity contribution < 1.29 is 19.7 Å². The van der Waals surface area contributed by atoms with E-state index < -0.39 is 18.2 Å². The molecule has 0 aliphatic carbocycles. The zero-order valence-corrected chi connectivity index (χ0v) is 18.2. The lowest BCUT2D eigenvalue weighted by molar-refractivity contribution is -0.145. The zero-order valence-electron chi connectivity index (χ0n) is 16.7. The van der Waals surface area contributed by atoms with Crippen LogP contribution in [0.2, 0.25) is 10.0 Å². The van der Waals surface area contributed by atoms with Crippen LogP contribution in [0.5, 0.6) is 5.75 Å². The van der Waals surface area contributed by atoms with Gasteiger partial charge in [-0.2, -0.15) is 0 Å². The number of carbonyl (C=O) groups is 1. The van der Waals surface area contributed by atoms with Crippen LogP contribution in [0, 0.1) is 0 Å². The molecule has 2 aromatic rings. The van der Waals surface area contributed by atoms with E-state index >= 15 is 0 Å². The number of rotatable bonds is 13. The highest BCUT2D eigenvalue weighted by molar-refractivity contribution is 6.38. The van der Waals surface area contributed by atoms with Crippen molar-refractivity contribution in [1.29, 1.82) is 0 Å². The number of nitrogen functional groups attached to an aromatic ring is 1. The van der Waals surface area contributed by atoms with Gasteiger partial charge in [0.05, 0.1) is 21.8 Å². The maximum atomic E-state index is 11.4. The third-order valence-electron chi connectivity index (χ3n) is 4.69. The second kappa shape index (κ2) is 12.6. The Kier molecular flexibility index (Phi) is 10.2. The van der Waals surface area contributed by atoms with Crippen LogP contribution in [0.1, 0.15) is 43.8 Å². The van der Waals surface area contributed by atoms with Gasteiger partial charge < -0.3 is 26.0 Å². The number of anilines is 1. The number of aliphatic hydroxyl groups is 1. The molecule has 0 saturated carbocycles. The quantitative estimate of drug-likeness (QED) is 0.258. The number of hydrogen-bond donors (Lipinski definition) is 4. The molecular weight excluding hydrogens is 427 g/mol. The van der Waals surface area contributed by atoms with Crippen LogP contribution in [0.15, 0.2) is 42.5 Å². The Balaban J connectivity index is 1.59. The number of para-hydroxylation sites is 1. The molecule has 2 rings (SSSR count). The number of nitrogens with two attached hydrogens (primary N) is 1. The number of carboxylic acid groups (broad SMARTS) is 1. The molecule has 0 radical (unpaired) electrons. The first-order valence-electron chi connectivity index (χ1n) is 9.96. The molecule has 2 aromatic carbocycles. The van der Waals surface area contributed by atoms with Gasteiger partial charge >= 0.3 is 5.97 Å². The smallest absolute Gasteiger partial charge is 0.344 e. The molecule has 2 atom stereocenters. The van der Waals surface area contributed by atoms with Crippen molar-refractivity contribution in [3.05, 3.63) is 58.1 Å². The number of halogens is 2. The van der Waals surface area contributed by atoms with E-state index in [0.717, 1.165) is 32.2 Å². The fourth-order valence-corrected chi connectivity index (χ4v) is 3.49. The summed E-state index contributed by atoms with van der Waals surface area (Å²) in [6.45, 7) is 1.12. The summed E-state index contributed by atoms with van der Waals surface area (Å²) in [7, 11) is 0. The molecule has 0 aliphatic heterocycles. The van der Waals surface area contributed by atoms with Crippen LogP contribution >= 0.6 is 23.2 Å². The number of unbranched alkanes of at least 4 members (excludes halogenated alkanes) is 3. The average molecular weight is 455 g/mol. The summed E-state index contributed by atoms with van der Waals surface area (Å²) in [4.78, 5) is 11.4. The van der Waals surface area contributed by atoms with Gasteiger partial charge in [0.25, 0.3) is 0 Å². The number of hydrogen-bond acceptors (Lipinski definition) is 5. The first-order chi connectivity index (χ1) is 14.4. The van der Waals surface area contributed by atoms with E-state index in [1.807, 2.05) is 18.2 Å². The van der Waals surface area contributed by atoms with Crippen molar-refractivity contribution >= 4 is 34.9 Å². The molecule has 0 saturated heterocycles. The van der Waals surface area contributed by atoms with Crippen LogP contribution in [-0.2, 0) is 4.79 Å². The molecule has 0 heterocycles. The average Bonchev–Trinajstić information content (AvgIpc) is 2.73. The molecule has 0 bridgehead atoms. The summed E-state index contributed by atoms with van der Waals surface area (Å²) in [6.07, 6.45) is 2.47. The van der Waals surface area contributed by atoms with Gasteiger partial charge in [0.1, 0.15) is 5.75 Å². The first kappa shape index (κ1) is 24.3. The first-order valence-corrected chi connectivity index (χ1v) is 10.7. The van der Waals surface area contributed by atoms with Gasteiger partial charge in [-0.3, -0.25) is 0 Å². The monoisotopic (exact) mass is 454 g/mol. The Morgan fingerprint density at radius 1 is 1.07 bits per heavy atom. The topological polar surface area (TPSA) is 105 Å². The fourth-order valence-electron chi connectivity index (χ4n) is 2.98. The normalized spacial score (nSPS) is 13.0. The lowest BCUT2D eigenvalue weighted by atomic mass is 10.1. The number of benzene rings is 2. The lowest BCUT2D eigenvalue weighted by Gasteiger charge is -2.15. The molecule has 6 nitrogen and oxygen atoms in total. The summed E-state index contributed by atoms with van der Waals surface area (Å²) in [5, 5.41) is 23.4. The predicted molar refractivity (Wildman–Crippen MR) is 120 cm³/mol. The maximum Gasteiger partial charge on any atom is 0.344 e. The summed E-state index contributed by atoms with van der Waals surface area (Å²) in [6, 6.07) is 12.2. The largest absolute Gasteiger partial charge is 0.479 e. The molecule has 2 unspecified atom stereocenters. The highest BCUT2D eigenvalue weighted by Crippen LogP contribution is 2.31. The Morgan fingerprint density at radius 2 is 1.70 bits per heavy atom. The molecule has 8 heteroatoms. The van der Waals surface area contributed by atoms with E-state index in [4.69, 9.17) is 33.7 Å². The van der Waals surface area contributed by atoms with Gasteiger partial charge in [-0.05, 0) is 55.6 Å². The highest BCUT2D eigenvalue weighted by Gasteiger charge is 2.18. The minimum atomic E-state index is -0.947. The lowest BCUT2D eigenvalue weighted by Crippen LogP contribution is -2.26. The molecular formula is C22H28Cl2N2O4. The van der Waals surface area contributed by atoms with Crippen LogP contribution in [0.4, 0.5) is 5.69 Å². The number of aliphatic carboxylic acids is 1. The van der Waals surface area contributed by atoms with E-state index in [0.29, 0.717) is 40.0 Å². The van der Waals surface area contributed by atoms with E-state index in [2.05, 4.69) is 5.32 Å². The number of ether oxygens (including phenoxy) is 1. The molecule has 5 N–H and O–H groups in total. The van der Waals surface area contributed by atoms with Crippen LogP contribution < -0.4 is 15.8 Å². The number of aliphatic hydroxyl groups excluding tert-OH is 1. The predicted octanol–water partition coefficient (Wildman–Crippen LogP) is 4.68. The summed E-state index contributed by atoms with van der Waals surface area (Å²) in [5.41, 5.74) is 6.63. The third-order valence-corrected chi connectivity index (χ3v) is 5.32. The van der Waals surface area contributed by atoms with Gasteiger partial charge in [0.2, 0.25) is 0 Å². The van der Waals surface area contributed by atoms with Gasteiger partial charge in [0, 0.05) is 6.54 Å². The number of carboxylic acids is 1. The standard InChI is InChI=1S/C22H28Cl2N2O4/c23-17-12-15(13-18(24)21(17)25)19(27)14-26-11-7-2-1-6-10-20(22(28)29)30-16-8-4-3-5-9-16/h3-5,8-9,12-13,19-20,26-27H,1-2,6-7,10-11,14,25H2,(H,28,29). The SMILES string of the molecule is Nc1c(Cl)cc(C(O)CNCCCCCCC(Oc2ccccc2)C(=O)O)cc1Cl. The Labute approximate surface area is 186 Å². The van der Waals surface area contributed by atoms with E-state index in [1.54, 1.807) is 24.3 Å². The summed E-state index contributed by atoms with van der Waals surface area (Å²) < 4.78 is 5.55. The van der Waals surface area contributed by atoms with Crippen LogP contribution in [0.3, 0.4) is 0 Å². The Morgan fingerprint density at radius 3 is 2.33 bits per heavy atom. The molecule has 164 valence electrons. The minimum absolute atomic E-state index is 0.307. The Bertz CT molecular complexity index is 782. The third kappa shape index (κ3) is 8.03. The van der Waals surface area contributed by atoms with Crippen molar-refractivity contribution in [2.45, 2.75) is 44.3 Å². The summed E-state index contributed by atoms with van der Waals surface area (Å²) in [5.74, 6) is -0.381. The van der Waals surface area contributed by atoms with Gasteiger partial charge in [-0.1, -0.05) is 54.2 Å². The number of nitrogens with one attached hydrogen (secondary N) is 1. The molecule has 30 heavy (non-hydrogen) atoms. The zero-order chi connectivity index (χ0) is 21.9. The van der Waals surface area contributed by atoms with Crippen molar-refractivity contribution in [2.24, 2.45) is 0 Å². The second-order valence-corrected chi connectivity index (χ2v) is 7.89. The van der Waals surface area contributed by atoms with E-state index in [9.17, 15) is 15.0 Å². The fraction of sp³-hybridized carbons (Fsp3) is 0.409. The second-order valence-electron chi connectivity index (χ2n) is 7.08. The van der Waals surface area contributed by atoms with E-state index in [-0.39, 0.29) is 0 Å².